The van der Waals surface area contributed by atoms with E-state index in [1.54, 1.807) is 20.3 Å². The number of anilines is 1. The first-order chi connectivity index (χ1) is 15.0. The molecule has 2 aromatic heterocycles. The fraction of sp³-hybridized carbons (Fsp3) is 0.318. The van der Waals surface area contributed by atoms with Crippen LogP contribution in [0.25, 0.3) is 21.8 Å². The van der Waals surface area contributed by atoms with Crippen molar-refractivity contribution in [3.8, 4) is 21.8 Å². The van der Waals surface area contributed by atoms with Crippen molar-refractivity contribution in [3.63, 3.8) is 0 Å². The summed E-state index contributed by atoms with van der Waals surface area (Å²) in [4.78, 5) is 35.8. The third-order valence-corrected chi connectivity index (χ3v) is 5.88. The number of carbonyl (C=O) groups is 2. The van der Waals surface area contributed by atoms with E-state index in [1.807, 2.05) is 35.7 Å². The van der Waals surface area contributed by atoms with Crippen LogP contribution in [0.3, 0.4) is 0 Å². The highest BCUT2D eigenvalue weighted by molar-refractivity contribution is 7.13. The van der Waals surface area contributed by atoms with E-state index < -0.39 is 0 Å². The Morgan fingerprint density at radius 3 is 2.81 bits per heavy atom. The number of hydrogen-bond donors (Lipinski definition) is 2. The van der Waals surface area contributed by atoms with Gasteiger partial charge >= 0.3 is 0 Å². The number of hydrogen-bond acceptors (Lipinski definition) is 6. The molecule has 31 heavy (non-hydrogen) atoms. The molecule has 0 radical (unpaired) electrons. The SMILES string of the molecule is CN(C)C(=O)c1cc(-c2csc(-c3cccc(NC(=O)CN4CCOCC4)c3)n2)c[nH]1. The fourth-order valence-electron chi connectivity index (χ4n) is 3.34. The molecule has 4 rings (SSSR count). The minimum absolute atomic E-state index is 0.0377. The molecule has 0 unspecified atom stereocenters. The molecule has 2 amide bonds. The second kappa shape index (κ2) is 9.42. The van der Waals surface area contributed by atoms with E-state index in [0.717, 1.165) is 40.6 Å². The number of benzene rings is 1. The molecule has 3 aromatic rings. The number of rotatable bonds is 6. The first-order valence-corrected chi connectivity index (χ1v) is 10.9. The summed E-state index contributed by atoms with van der Waals surface area (Å²) in [5, 5.41) is 5.79. The minimum Gasteiger partial charge on any atom is -0.379 e. The molecule has 2 N–H and O–H groups in total. The van der Waals surface area contributed by atoms with Gasteiger partial charge in [0.05, 0.1) is 25.5 Å². The van der Waals surface area contributed by atoms with Gasteiger partial charge in [-0.2, -0.15) is 0 Å². The molecule has 0 bridgehead atoms. The van der Waals surface area contributed by atoms with Gasteiger partial charge in [-0.3, -0.25) is 14.5 Å². The largest absolute Gasteiger partial charge is 0.379 e. The van der Waals surface area contributed by atoms with E-state index in [-0.39, 0.29) is 11.8 Å². The highest BCUT2D eigenvalue weighted by Crippen LogP contribution is 2.30. The highest BCUT2D eigenvalue weighted by atomic mass is 32.1. The first kappa shape index (κ1) is 21.2. The summed E-state index contributed by atoms with van der Waals surface area (Å²) < 4.78 is 5.32. The van der Waals surface area contributed by atoms with Crippen molar-refractivity contribution in [2.45, 2.75) is 0 Å². The lowest BCUT2D eigenvalue weighted by atomic mass is 10.2. The van der Waals surface area contributed by atoms with Crippen molar-refractivity contribution in [2.24, 2.45) is 0 Å². The predicted octanol–water partition coefficient (Wildman–Crippen LogP) is 2.78. The standard InChI is InChI=1S/C22H25N5O3S/c1-26(2)22(29)18-11-16(12-23-18)19-14-31-21(25-19)15-4-3-5-17(10-15)24-20(28)13-27-6-8-30-9-7-27/h3-5,10-12,14,23H,6-9,13H2,1-2H3,(H,24,28). The van der Waals surface area contributed by atoms with Crippen molar-refractivity contribution in [3.05, 3.63) is 47.6 Å². The summed E-state index contributed by atoms with van der Waals surface area (Å²) in [6.07, 6.45) is 1.79. The second-order valence-electron chi connectivity index (χ2n) is 7.56. The number of thiazole rings is 1. The minimum atomic E-state index is -0.0813. The Hall–Kier alpha value is -3.01. The van der Waals surface area contributed by atoms with Gasteiger partial charge < -0.3 is 19.9 Å². The van der Waals surface area contributed by atoms with Crippen molar-refractivity contribution in [1.82, 2.24) is 19.8 Å². The molecule has 3 heterocycles. The van der Waals surface area contributed by atoms with Crippen molar-refractivity contribution < 1.29 is 14.3 Å². The zero-order valence-electron chi connectivity index (χ0n) is 17.6. The van der Waals surface area contributed by atoms with Gasteiger partial charge in [0.2, 0.25) is 5.91 Å². The van der Waals surface area contributed by atoms with Crippen LogP contribution in [0.4, 0.5) is 5.69 Å². The molecular formula is C22H25N5O3S. The van der Waals surface area contributed by atoms with E-state index in [0.29, 0.717) is 25.5 Å². The van der Waals surface area contributed by atoms with E-state index >= 15 is 0 Å². The Morgan fingerprint density at radius 1 is 1.23 bits per heavy atom. The van der Waals surface area contributed by atoms with Crippen LogP contribution in [0.15, 0.2) is 41.9 Å². The van der Waals surface area contributed by atoms with E-state index in [2.05, 4.69) is 15.2 Å². The normalized spacial score (nSPS) is 14.4. The van der Waals surface area contributed by atoms with Gasteiger partial charge in [-0.1, -0.05) is 12.1 Å². The molecule has 1 aliphatic heterocycles. The van der Waals surface area contributed by atoms with Crippen LogP contribution in [0, 0.1) is 0 Å². The van der Waals surface area contributed by atoms with Crippen molar-refractivity contribution in [2.75, 3.05) is 52.3 Å². The van der Waals surface area contributed by atoms with E-state index in [1.165, 1.54) is 16.2 Å². The molecule has 1 aromatic carbocycles. The summed E-state index contributed by atoms with van der Waals surface area (Å²) in [6.45, 7) is 3.24. The van der Waals surface area contributed by atoms with Crippen LogP contribution >= 0.6 is 11.3 Å². The highest BCUT2D eigenvalue weighted by Gasteiger charge is 2.16. The number of morpholine rings is 1. The van der Waals surface area contributed by atoms with Crippen molar-refractivity contribution in [1.29, 1.82) is 0 Å². The van der Waals surface area contributed by atoms with Crippen LogP contribution in [0.5, 0.6) is 0 Å². The van der Waals surface area contributed by atoms with Gasteiger partial charge in [0.25, 0.3) is 5.91 Å². The van der Waals surface area contributed by atoms with Crippen LogP contribution < -0.4 is 5.32 Å². The third kappa shape index (κ3) is 5.19. The zero-order valence-corrected chi connectivity index (χ0v) is 18.4. The molecule has 8 nitrogen and oxygen atoms in total. The molecule has 0 aliphatic carbocycles. The smallest absolute Gasteiger partial charge is 0.269 e. The van der Waals surface area contributed by atoms with Gasteiger partial charge in [-0.15, -0.1) is 11.3 Å². The van der Waals surface area contributed by atoms with Gasteiger partial charge in [0, 0.05) is 55.6 Å². The molecule has 0 saturated carbocycles. The van der Waals surface area contributed by atoms with Crippen molar-refractivity contribution >= 4 is 28.8 Å². The Kier molecular flexibility index (Phi) is 6.45. The van der Waals surface area contributed by atoms with Crippen LogP contribution in [-0.4, -0.2) is 78.5 Å². The summed E-state index contributed by atoms with van der Waals surface area (Å²) in [6, 6.07) is 9.49. The maximum Gasteiger partial charge on any atom is 0.269 e. The Morgan fingerprint density at radius 2 is 2.03 bits per heavy atom. The fourth-order valence-corrected chi connectivity index (χ4v) is 4.16. The first-order valence-electron chi connectivity index (χ1n) is 10.1. The molecule has 1 saturated heterocycles. The monoisotopic (exact) mass is 439 g/mol. The maximum atomic E-state index is 12.4. The molecule has 1 aliphatic rings. The summed E-state index contributed by atoms with van der Waals surface area (Å²) in [5.74, 6) is -0.119. The number of ether oxygens (including phenoxy) is 1. The number of aromatic amines is 1. The summed E-state index contributed by atoms with van der Waals surface area (Å²) in [7, 11) is 3.44. The number of nitrogens with one attached hydrogen (secondary N) is 2. The lowest BCUT2D eigenvalue weighted by Gasteiger charge is -2.25. The van der Waals surface area contributed by atoms with Gasteiger partial charge in [0.1, 0.15) is 10.7 Å². The summed E-state index contributed by atoms with van der Waals surface area (Å²) in [5.41, 5.74) is 3.87. The molecule has 162 valence electrons. The van der Waals surface area contributed by atoms with E-state index in [4.69, 9.17) is 9.72 Å². The Bertz CT molecular complexity index is 1070. The number of H-pyrrole nitrogens is 1. The number of carbonyl (C=O) groups excluding carboxylic acids is 2. The Labute approximate surface area is 184 Å². The molecule has 0 atom stereocenters. The number of nitrogens with zero attached hydrogens (tertiary/aromatic N) is 3. The lowest BCUT2D eigenvalue weighted by molar-refractivity contribution is -0.118. The Balaban J connectivity index is 1.44. The molecular weight excluding hydrogens is 414 g/mol. The molecule has 0 spiro atoms. The molecule has 9 heteroatoms. The van der Waals surface area contributed by atoms with Crippen LogP contribution in [0.1, 0.15) is 10.5 Å². The topological polar surface area (TPSA) is 90.6 Å². The number of amides is 2. The zero-order chi connectivity index (χ0) is 21.8. The summed E-state index contributed by atoms with van der Waals surface area (Å²) >= 11 is 1.52. The third-order valence-electron chi connectivity index (χ3n) is 4.98. The van der Waals surface area contributed by atoms with Gasteiger partial charge in [0.15, 0.2) is 0 Å². The average Bonchev–Trinajstić information content (AvgIpc) is 3.44. The van der Waals surface area contributed by atoms with Gasteiger partial charge in [-0.05, 0) is 18.2 Å². The van der Waals surface area contributed by atoms with Crippen LogP contribution in [-0.2, 0) is 9.53 Å². The van der Waals surface area contributed by atoms with E-state index in [9.17, 15) is 9.59 Å². The maximum absolute atomic E-state index is 12.4. The number of aromatic nitrogens is 2. The molecule has 1 fully saturated rings. The van der Waals surface area contributed by atoms with Gasteiger partial charge in [-0.25, -0.2) is 4.98 Å². The van der Waals surface area contributed by atoms with Crippen LogP contribution in [0.2, 0.25) is 0 Å². The quantitative estimate of drug-likeness (QED) is 0.616. The second-order valence-corrected chi connectivity index (χ2v) is 8.42. The average molecular weight is 440 g/mol. The predicted molar refractivity (Wildman–Crippen MR) is 121 cm³/mol. The lowest BCUT2D eigenvalue weighted by Crippen LogP contribution is -2.41.